The minimum Gasteiger partial charge on any atom is -0.484 e. The highest BCUT2D eigenvalue weighted by molar-refractivity contribution is 7.09. The van der Waals surface area contributed by atoms with Crippen LogP contribution in [0.5, 0.6) is 5.75 Å². The fourth-order valence-corrected chi connectivity index (χ4v) is 2.41. The van der Waals surface area contributed by atoms with Gasteiger partial charge in [0.25, 0.3) is 5.91 Å². The molecule has 0 fully saturated rings. The molecule has 7 nitrogen and oxygen atoms in total. The molecule has 1 aromatic carbocycles. The van der Waals surface area contributed by atoms with Crippen molar-refractivity contribution in [2.45, 2.75) is 13.5 Å². The van der Waals surface area contributed by atoms with Crippen molar-refractivity contribution in [3.8, 4) is 5.75 Å². The first kappa shape index (κ1) is 16.8. The molecule has 0 aliphatic carbocycles. The third-order valence-corrected chi connectivity index (χ3v) is 3.72. The lowest BCUT2D eigenvalue weighted by Gasteiger charge is -2.17. The van der Waals surface area contributed by atoms with Gasteiger partial charge in [-0.3, -0.25) is 4.79 Å². The Balaban J connectivity index is 1.87. The second kappa shape index (κ2) is 7.59. The largest absolute Gasteiger partial charge is 0.484 e. The molecule has 0 atom stereocenters. The average Bonchev–Trinajstić information content (AvgIpc) is 2.91. The Kier molecular flexibility index (Phi) is 5.53. The van der Waals surface area contributed by atoms with Crippen LogP contribution in [-0.4, -0.2) is 35.5 Å². The van der Waals surface area contributed by atoms with Gasteiger partial charge in [-0.2, -0.15) is 0 Å². The third-order valence-electron chi connectivity index (χ3n) is 2.90. The van der Waals surface area contributed by atoms with Crippen LogP contribution in [-0.2, 0) is 11.3 Å². The highest BCUT2D eigenvalue weighted by Crippen LogP contribution is 2.16. The monoisotopic (exact) mass is 334 g/mol. The summed E-state index contributed by atoms with van der Waals surface area (Å²) in [7, 11) is 1.70. The molecule has 0 aliphatic heterocycles. The predicted octanol–water partition coefficient (Wildman–Crippen LogP) is 1.98. The van der Waals surface area contributed by atoms with E-state index in [0.29, 0.717) is 18.0 Å². The van der Waals surface area contributed by atoms with Gasteiger partial charge in [-0.1, -0.05) is 0 Å². The molecule has 0 aliphatic rings. The summed E-state index contributed by atoms with van der Waals surface area (Å²) in [6.45, 7) is 2.19. The van der Waals surface area contributed by atoms with Gasteiger partial charge in [-0.15, -0.1) is 11.3 Å². The van der Waals surface area contributed by atoms with E-state index in [-0.39, 0.29) is 12.6 Å². The lowest BCUT2D eigenvalue weighted by atomic mass is 10.3. The number of carbonyl (C=O) groups is 2. The Morgan fingerprint density at radius 2 is 2.04 bits per heavy atom. The summed E-state index contributed by atoms with van der Waals surface area (Å²) >= 11 is 1.55. The van der Waals surface area contributed by atoms with Crippen LogP contribution < -0.4 is 15.8 Å². The molecule has 0 spiro atoms. The molecule has 0 saturated heterocycles. The highest BCUT2D eigenvalue weighted by atomic mass is 32.1. The molecule has 23 heavy (non-hydrogen) atoms. The summed E-state index contributed by atoms with van der Waals surface area (Å²) in [5.41, 5.74) is 6.49. The molecule has 3 N–H and O–H groups in total. The number of aryl methyl sites for hydroxylation is 1. The standard InChI is InChI=1S/C15H18N4O3S/c1-10-17-12(9-23-10)7-19(2)15(21)18-11-3-5-13(6-4-11)22-8-14(16)20/h3-6,9H,7-8H2,1-2H3,(H2,16,20)(H,18,21). The lowest BCUT2D eigenvalue weighted by Crippen LogP contribution is -2.30. The molecule has 1 aromatic heterocycles. The number of aromatic nitrogens is 1. The van der Waals surface area contributed by atoms with Crippen LogP contribution in [0.1, 0.15) is 10.7 Å². The summed E-state index contributed by atoms with van der Waals surface area (Å²) in [5, 5.41) is 5.68. The molecule has 8 heteroatoms. The van der Waals surface area contributed by atoms with Gasteiger partial charge < -0.3 is 20.7 Å². The number of nitrogens with zero attached hydrogens (tertiary/aromatic N) is 2. The number of hydrogen-bond donors (Lipinski definition) is 2. The lowest BCUT2D eigenvalue weighted by molar-refractivity contribution is -0.119. The normalized spacial score (nSPS) is 10.2. The van der Waals surface area contributed by atoms with Crippen molar-refractivity contribution in [3.05, 3.63) is 40.3 Å². The third kappa shape index (κ3) is 5.26. The number of primary amides is 1. The van der Waals surface area contributed by atoms with Crippen LogP contribution in [0.3, 0.4) is 0 Å². The molecule has 3 amide bonds. The van der Waals surface area contributed by atoms with Crippen molar-refractivity contribution in [3.63, 3.8) is 0 Å². The van der Waals surface area contributed by atoms with Gasteiger partial charge in [-0.05, 0) is 31.2 Å². The molecule has 2 rings (SSSR count). The highest BCUT2D eigenvalue weighted by Gasteiger charge is 2.11. The van der Waals surface area contributed by atoms with Crippen LogP contribution in [0.25, 0.3) is 0 Å². The Hall–Kier alpha value is -2.61. The number of amides is 3. The summed E-state index contributed by atoms with van der Waals surface area (Å²) in [6, 6.07) is 6.45. The molecule has 2 aromatic rings. The molecular weight excluding hydrogens is 316 g/mol. The SMILES string of the molecule is Cc1nc(CN(C)C(=O)Nc2ccc(OCC(N)=O)cc2)cs1. The number of benzene rings is 1. The maximum atomic E-state index is 12.1. The Morgan fingerprint density at radius 3 is 2.61 bits per heavy atom. The number of urea groups is 1. The van der Waals surface area contributed by atoms with Crippen LogP contribution in [0.2, 0.25) is 0 Å². The zero-order valence-electron chi connectivity index (χ0n) is 12.9. The van der Waals surface area contributed by atoms with E-state index in [0.717, 1.165) is 10.7 Å². The summed E-state index contributed by atoms with van der Waals surface area (Å²) in [6.07, 6.45) is 0. The average molecular weight is 334 g/mol. The van der Waals surface area contributed by atoms with Crippen molar-refractivity contribution in [2.24, 2.45) is 5.73 Å². The van der Waals surface area contributed by atoms with Crippen molar-refractivity contribution in [1.82, 2.24) is 9.88 Å². The molecule has 122 valence electrons. The molecular formula is C15H18N4O3S. The van der Waals surface area contributed by atoms with Crippen molar-refractivity contribution >= 4 is 29.0 Å². The second-order valence-electron chi connectivity index (χ2n) is 4.92. The Labute approximate surface area is 138 Å². The van der Waals surface area contributed by atoms with E-state index in [1.165, 1.54) is 0 Å². The number of nitrogens with one attached hydrogen (secondary N) is 1. The fourth-order valence-electron chi connectivity index (χ4n) is 1.80. The maximum Gasteiger partial charge on any atom is 0.321 e. The zero-order valence-corrected chi connectivity index (χ0v) is 13.7. The van der Waals surface area contributed by atoms with E-state index in [1.54, 1.807) is 47.5 Å². The molecule has 0 saturated carbocycles. The zero-order chi connectivity index (χ0) is 16.8. The molecule has 0 bridgehead atoms. The van der Waals surface area contributed by atoms with Gasteiger partial charge in [0, 0.05) is 18.1 Å². The Bertz CT molecular complexity index is 684. The van der Waals surface area contributed by atoms with Gasteiger partial charge in [0.15, 0.2) is 6.61 Å². The number of anilines is 1. The summed E-state index contributed by atoms with van der Waals surface area (Å²) < 4.78 is 5.15. The van der Waals surface area contributed by atoms with Crippen molar-refractivity contribution < 1.29 is 14.3 Å². The number of rotatable bonds is 6. The summed E-state index contributed by atoms with van der Waals surface area (Å²) in [4.78, 5) is 28.6. The van der Waals surface area contributed by atoms with Gasteiger partial charge in [0.1, 0.15) is 5.75 Å². The van der Waals surface area contributed by atoms with E-state index in [9.17, 15) is 9.59 Å². The van der Waals surface area contributed by atoms with E-state index in [2.05, 4.69) is 10.3 Å². The quantitative estimate of drug-likeness (QED) is 0.844. The predicted molar refractivity (Wildman–Crippen MR) is 88.5 cm³/mol. The van der Waals surface area contributed by atoms with Crippen LogP contribution >= 0.6 is 11.3 Å². The minimum absolute atomic E-state index is 0.179. The fraction of sp³-hybridized carbons (Fsp3) is 0.267. The summed E-state index contributed by atoms with van der Waals surface area (Å²) in [5.74, 6) is -0.0330. The first-order valence-corrected chi connectivity index (χ1v) is 7.76. The van der Waals surface area contributed by atoms with Gasteiger partial charge in [-0.25, -0.2) is 9.78 Å². The van der Waals surface area contributed by atoms with Crippen LogP contribution in [0.4, 0.5) is 10.5 Å². The smallest absolute Gasteiger partial charge is 0.321 e. The van der Waals surface area contributed by atoms with Gasteiger partial charge in [0.2, 0.25) is 0 Å². The van der Waals surface area contributed by atoms with Crippen LogP contribution in [0.15, 0.2) is 29.6 Å². The Morgan fingerprint density at radius 1 is 1.35 bits per heavy atom. The van der Waals surface area contributed by atoms with E-state index < -0.39 is 5.91 Å². The molecule has 0 radical (unpaired) electrons. The first-order chi connectivity index (χ1) is 10.9. The number of ether oxygens (including phenoxy) is 1. The van der Waals surface area contributed by atoms with E-state index in [1.807, 2.05) is 12.3 Å². The number of hydrogen-bond acceptors (Lipinski definition) is 5. The van der Waals surface area contributed by atoms with Crippen molar-refractivity contribution in [1.29, 1.82) is 0 Å². The van der Waals surface area contributed by atoms with Crippen LogP contribution in [0, 0.1) is 6.92 Å². The first-order valence-electron chi connectivity index (χ1n) is 6.88. The number of carbonyl (C=O) groups excluding carboxylic acids is 2. The van der Waals surface area contributed by atoms with E-state index >= 15 is 0 Å². The number of nitrogens with two attached hydrogens (primary N) is 1. The maximum absolute atomic E-state index is 12.1. The minimum atomic E-state index is -0.540. The topological polar surface area (TPSA) is 97.6 Å². The van der Waals surface area contributed by atoms with Gasteiger partial charge in [0.05, 0.1) is 17.2 Å². The molecule has 1 heterocycles. The molecule has 0 unspecified atom stereocenters. The number of thiazole rings is 1. The van der Waals surface area contributed by atoms with Crippen molar-refractivity contribution in [2.75, 3.05) is 19.0 Å². The van der Waals surface area contributed by atoms with Gasteiger partial charge >= 0.3 is 6.03 Å². The second-order valence-corrected chi connectivity index (χ2v) is 5.99. The van der Waals surface area contributed by atoms with E-state index in [4.69, 9.17) is 10.5 Å².